The van der Waals surface area contributed by atoms with Crippen LogP contribution in [0, 0.1) is 7.43 Å². The minimum Gasteiger partial charge on any atom is -0.358 e. The zero-order valence-electron chi connectivity index (χ0n) is 53.3. The lowest BCUT2D eigenvalue weighted by Gasteiger charge is -2.16. The van der Waals surface area contributed by atoms with Crippen LogP contribution in [0.15, 0.2) is 352 Å². The molecule has 0 aromatic heterocycles. The zero-order valence-corrected chi connectivity index (χ0v) is 53.3. The van der Waals surface area contributed by atoms with Crippen molar-refractivity contribution >= 4 is 85.1 Å². The molecule has 2 aliphatic carbocycles. The van der Waals surface area contributed by atoms with Gasteiger partial charge in [-0.15, -0.1) is 0 Å². The first-order valence-electron chi connectivity index (χ1n) is 31.6. The van der Waals surface area contributed by atoms with Crippen molar-refractivity contribution in [1.82, 2.24) is 0 Å². The normalized spacial score (nSPS) is 12.4. The van der Waals surface area contributed by atoms with E-state index in [0.29, 0.717) is 46.3 Å². The molecule has 0 aliphatic heterocycles. The van der Waals surface area contributed by atoms with Crippen LogP contribution >= 0.6 is 0 Å². The molecule has 2 aliphatic rings. The van der Waals surface area contributed by atoms with Crippen LogP contribution in [0.25, 0.3) is 44.6 Å². The van der Waals surface area contributed by atoms with Gasteiger partial charge in [-0.3, -0.25) is 33.6 Å². The number of rotatable bonds is 18. The summed E-state index contributed by atoms with van der Waals surface area (Å²) in [6.45, 7) is 0. The second-order valence-electron chi connectivity index (χ2n) is 22.9. The number of carbonyl (C=O) groups is 7. The van der Waals surface area contributed by atoms with Gasteiger partial charge < -0.3 is 7.43 Å². The van der Waals surface area contributed by atoms with Crippen LogP contribution in [-0.2, 0) is 27.2 Å². The average Bonchev–Trinajstić information content (AvgIpc) is 1.59. The molecule has 0 saturated heterocycles. The van der Waals surface area contributed by atoms with Crippen LogP contribution < -0.4 is 0 Å². The minimum absolute atomic E-state index is 0. The molecule has 0 unspecified atom stereocenters. The molecule has 0 bridgehead atoms. The first kappa shape index (κ1) is 65.8. The Morgan fingerprint density at radius 2 is 0.351 bits per heavy atom. The van der Waals surface area contributed by atoms with Crippen molar-refractivity contribution < 1.29 is 33.6 Å². The molecule has 0 spiro atoms. The molecule has 0 N–H and O–H groups in total. The molecule has 468 valence electrons. The topological polar surface area (TPSA) is 119 Å². The summed E-state index contributed by atoms with van der Waals surface area (Å²) in [4.78, 5) is 90.3. The average molecular weight is 1260 g/mol. The van der Waals surface area contributed by atoms with E-state index in [1.165, 1.54) is 24.3 Å². The van der Waals surface area contributed by atoms with Gasteiger partial charge in [-0.05, 0) is 55.6 Å². The number of carbonyl (C=O) groups excluding carboxylic acids is 7. The van der Waals surface area contributed by atoms with Crippen molar-refractivity contribution in [3.63, 3.8) is 0 Å². The largest absolute Gasteiger partial charge is 0.358 e. The van der Waals surface area contributed by atoms with Gasteiger partial charge in [0, 0.05) is 79.7 Å². The van der Waals surface area contributed by atoms with E-state index < -0.39 is 23.1 Å². The molecule has 12 aromatic carbocycles. The zero-order chi connectivity index (χ0) is 66.2. The first-order valence-corrected chi connectivity index (χ1v) is 31.6. The van der Waals surface area contributed by atoms with Crippen molar-refractivity contribution in [2.75, 3.05) is 0 Å². The number of benzene rings is 12. The summed E-state index contributed by atoms with van der Waals surface area (Å²) in [7, 11) is 0. The lowest BCUT2D eigenvalue weighted by atomic mass is 9.86. The molecule has 0 saturated carbocycles. The Hall–Kier alpha value is -12.7. The predicted octanol–water partition coefficient (Wildman–Crippen LogP) is 19.2. The molecule has 0 fully saturated rings. The molecular weight excluding hydrogens is 1190 g/mol. The van der Waals surface area contributed by atoms with E-state index in [4.69, 9.17) is 0 Å². The smallest absolute Gasteiger partial charge is 0.233 e. The third-order valence-corrected chi connectivity index (χ3v) is 16.6. The molecule has 0 atom stereocenters. The third kappa shape index (κ3) is 15.0. The summed E-state index contributed by atoms with van der Waals surface area (Å²) in [6.07, 6.45) is 1.05. The summed E-state index contributed by atoms with van der Waals surface area (Å²) in [6, 6.07) is 110. The van der Waals surface area contributed by atoms with Crippen LogP contribution in [0.2, 0.25) is 0 Å². The fourth-order valence-corrected chi connectivity index (χ4v) is 12.1. The van der Waals surface area contributed by atoms with Crippen molar-refractivity contribution in [2.24, 2.45) is 0 Å². The maximum absolute atomic E-state index is 14.8. The second kappa shape index (κ2) is 31.3. The molecule has 7 nitrogen and oxygen atoms in total. The van der Waals surface area contributed by atoms with Gasteiger partial charge in [0.05, 0.1) is 0 Å². The van der Waals surface area contributed by atoms with Gasteiger partial charge in [0.1, 0.15) is 5.78 Å². The number of Topliss-reactive ketones (excluding diaryl/α,β-unsaturated/α-hetero) is 7. The van der Waals surface area contributed by atoms with Crippen LogP contribution in [0.5, 0.6) is 0 Å². The first-order chi connectivity index (χ1) is 47.1. The van der Waals surface area contributed by atoms with Gasteiger partial charge in [-0.25, -0.2) is 0 Å². The Kier molecular flexibility index (Phi) is 21.2. The van der Waals surface area contributed by atoms with Crippen LogP contribution in [0.3, 0.4) is 0 Å². The number of ketones is 7. The van der Waals surface area contributed by atoms with Gasteiger partial charge in [0.25, 0.3) is 0 Å². The van der Waals surface area contributed by atoms with E-state index >= 15 is 0 Å². The summed E-state index contributed by atoms with van der Waals surface area (Å²) in [5.41, 5.74) is 16.8. The number of hydrogen-bond donors (Lipinski definition) is 0. The Balaban J connectivity index is 0.000000182. The number of hydrogen-bond acceptors (Lipinski definition) is 7. The standard InChI is InChI=1S/C52H34O2.C22H14O4.C15H14O.CH3/c53-51-47(37-23-11-3-12-24-37)43(35-19-7-1-8-20-35)45(49(51)39-27-15-5-16-28-39)41-31-33-42(34-32-41)46-44(36-21-9-2-10-22-36)48(38-25-13-4-14-26-38)52(54)50(46)40-29-17-6-18-30-40;23-19(15-7-3-1-4-8-15)21(25)17-11-13-18(14-12-17)22(26)20(24)16-9-5-2-6-10-16;16-15(11-13-7-3-1-4-8-13)12-14-9-5-2-6-10-14;/h1-34H;1-14H;1-10H,11-12H2;1H3/q;;;-1. The maximum atomic E-state index is 14.8. The Labute approximate surface area is 565 Å². The Morgan fingerprint density at radius 1 is 0.186 bits per heavy atom. The minimum atomic E-state index is -0.662. The van der Waals surface area contributed by atoms with Gasteiger partial charge >= 0.3 is 0 Å². The highest BCUT2D eigenvalue weighted by molar-refractivity contribution is 6.60. The summed E-state index contributed by atoms with van der Waals surface area (Å²) >= 11 is 0. The fourth-order valence-electron chi connectivity index (χ4n) is 12.1. The summed E-state index contributed by atoms with van der Waals surface area (Å²) in [5, 5.41) is 0. The van der Waals surface area contributed by atoms with E-state index in [1.54, 1.807) is 60.7 Å². The van der Waals surface area contributed by atoms with Crippen LogP contribution in [-0.4, -0.2) is 40.5 Å². The number of allylic oxidation sites excluding steroid dienone is 8. The second-order valence-corrected chi connectivity index (χ2v) is 22.9. The van der Waals surface area contributed by atoms with Crippen molar-refractivity contribution in [3.05, 3.63) is 437 Å². The Bertz CT molecular complexity index is 4610. The fraction of sp³-hybridized carbons (Fsp3) is 0.0222. The molecule has 14 rings (SSSR count). The van der Waals surface area contributed by atoms with E-state index in [2.05, 4.69) is 48.5 Å². The predicted molar refractivity (Wildman–Crippen MR) is 391 cm³/mol. The van der Waals surface area contributed by atoms with Gasteiger partial charge in [-0.1, -0.05) is 352 Å². The van der Waals surface area contributed by atoms with Crippen molar-refractivity contribution in [2.45, 2.75) is 12.8 Å². The lowest BCUT2D eigenvalue weighted by Crippen LogP contribution is -2.16. The highest BCUT2D eigenvalue weighted by atomic mass is 16.2. The molecular formula is C90H65O7-. The lowest BCUT2D eigenvalue weighted by molar-refractivity contribution is -0.117. The summed E-state index contributed by atoms with van der Waals surface area (Å²) in [5.74, 6) is -2.30. The third-order valence-electron chi connectivity index (χ3n) is 16.6. The molecule has 0 heterocycles. The maximum Gasteiger partial charge on any atom is 0.233 e. The van der Waals surface area contributed by atoms with Gasteiger partial charge in [0.15, 0.2) is 11.6 Å². The van der Waals surface area contributed by atoms with E-state index in [9.17, 15) is 33.6 Å². The van der Waals surface area contributed by atoms with Gasteiger partial charge in [0.2, 0.25) is 23.1 Å². The van der Waals surface area contributed by atoms with Gasteiger partial charge in [-0.2, -0.15) is 0 Å². The molecule has 7 heteroatoms. The van der Waals surface area contributed by atoms with E-state index in [-0.39, 0.29) is 35.9 Å². The molecule has 0 amide bonds. The highest BCUT2D eigenvalue weighted by Crippen LogP contribution is 2.52. The monoisotopic (exact) mass is 1260 g/mol. The van der Waals surface area contributed by atoms with Crippen LogP contribution in [0.4, 0.5) is 0 Å². The SMILES string of the molecule is O=C(C(=O)c1ccc(C(=O)C(=O)c2ccccc2)cc1)c1ccccc1.O=C(Cc1ccccc1)Cc1ccccc1.O=C1C(c2ccccc2)=C(c2ccccc2)C(c2ccc(C3=C(c4ccccc4)C(=O)C(c4ccccc4)=C3c3ccccc3)cc2)=C1c1ccccc1.[CH3-]. The van der Waals surface area contributed by atoms with Crippen LogP contribution in [0.1, 0.15) is 97.1 Å². The Morgan fingerprint density at radius 3 is 0.567 bits per heavy atom. The molecule has 12 aromatic rings. The highest BCUT2D eigenvalue weighted by Gasteiger charge is 2.38. The summed E-state index contributed by atoms with van der Waals surface area (Å²) < 4.78 is 0. The quantitative estimate of drug-likeness (QED) is 0.0477. The molecule has 97 heavy (non-hydrogen) atoms. The van der Waals surface area contributed by atoms with E-state index in [0.717, 1.165) is 77.9 Å². The van der Waals surface area contributed by atoms with Crippen molar-refractivity contribution in [1.29, 1.82) is 0 Å². The molecule has 0 radical (unpaired) electrons. The van der Waals surface area contributed by atoms with Crippen molar-refractivity contribution in [3.8, 4) is 0 Å². The van der Waals surface area contributed by atoms with E-state index in [1.807, 2.05) is 218 Å².